The van der Waals surface area contributed by atoms with E-state index in [0.29, 0.717) is 0 Å². The van der Waals surface area contributed by atoms with E-state index < -0.39 is 0 Å². The number of terminal acetylenes is 1. The van der Waals surface area contributed by atoms with Crippen LogP contribution in [0.1, 0.15) is 38.5 Å². The van der Waals surface area contributed by atoms with Gasteiger partial charge in [-0.1, -0.05) is 12.8 Å². The van der Waals surface area contributed by atoms with Crippen molar-refractivity contribution in [3.05, 3.63) is 0 Å². The van der Waals surface area contributed by atoms with Crippen molar-refractivity contribution >= 4 is 0 Å². The molecule has 1 saturated carbocycles. The van der Waals surface area contributed by atoms with Crippen LogP contribution in [0.4, 0.5) is 0 Å². The Labute approximate surface area is 75.9 Å². The third-order valence-electron chi connectivity index (χ3n) is 2.89. The standard InChI is InChI=1S/C11H19N/c1-3-4-6-10-7-5-8-11(9-10)12-2/h1,10-12H,4-9H2,2H3. The van der Waals surface area contributed by atoms with Crippen LogP contribution in [-0.2, 0) is 0 Å². The fourth-order valence-electron chi connectivity index (χ4n) is 2.10. The van der Waals surface area contributed by atoms with Gasteiger partial charge in [-0.3, -0.25) is 0 Å². The Morgan fingerprint density at radius 2 is 2.33 bits per heavy atom. The SMILES string of the molecule is C#CCCC1CCCC(NC)C1. The van der Waals surface area contributed by atoms with Gasteiger partial charge >= 0.3 is 0 Å². The molecule has 0 aliphatic heterocycles. The molecule has 2 atom stereocenters. The van der Waals surface area contributed by atoms with E-state index in [1.165, 1.54) is 32.1 Å². The first-order valence-electron chi connectivity index (χ1n) is 4.97. The fraction of sp³-hybridized carbons (Fsp3) is 0.818. The van der Waals surface area contributed by atoms with Gasteiger partial charge in [-0.15, -0.1) is 12.3 Å². The molecule has 0 aromatic heterocycles. The summed E-state index contributed by atoms with van der Waals surface area (Å²) in [6, 6.07) is 0.751. The van der Waals surface area contributed by atoms with E-state index in [-0.39, 0.29) is 0 Å². The predicted octanol–water partition coefficient (Wildman–Crippen LogP) is 2.18. The van der Waals surface area contributed by atoms with Crippen LogP contribution in [0.2, 0.25) is 0 Å². The summed E-state index contributed by atoms with van der Waals surface area (Å²) in [5, 5.41) is 3.36. The Balaban J connectivity index is 2.22. The topological polar surface area (TPSA) is 12.0 Å². The van der Waals surface area contributed by atoms with E-state index in [2.05, 4.69) is 18.3 Å². The minimum atomic E-state index is 0.751. The maximum atomic E-state index is 5.25. The van der Waals surface area contributed by atoms with Gasteiger partial charge in [0.25, 0.3) is 0 Å². The molecular weight excluding hydrogens is 146 g/mol. The predicted molar refractivity (Wildman–Crippen MR) is 52.9 cm³/mol. The highest BCUT2D eigenvalue weighted by atomic mass is 14.9. The number of hydrogen-bond acceptors (Lipinski definition) is 1. The third kappa shape index (κ3) is 2.87. The van der Waals surface area contributed by atoms with E-state index in [1.807, 2.05) is 0 Å². The van der Waals surface area contributed by atoms with Crippen LogP contribution >= 0.6 is 0 Å². The summed E-state index contributed by atoms with van der Waals surface area (Å²) in [5.41, 5.74) is 0. The van der Waals surface area contributed by atoms with Gasteiger partial charge in [0.05, 0.1) is 0 Å². The highest BCUT2D eigenvalue weighted by Gasteiger charge is 2.19. The average molecular weight is 165 g/mol. The van der Waals surface area contributed by atoms with Gasteiger partial charge < -0.3 is 5.32 Å². The van der Waals surface area contributed by atoms with Gasteiger partial charge in [0.2, 0.25) is 0 Å². The summed E-state index contributed by atoms with van der Waals surface area (Å²) >= 11 is 0. The molecule has 68 valence electrons. The first kappa shape index (κ1) is 9.61. The molecule has 12 heavy (non-hydrogen) atoms. The van der Waals surface area contributed by atoms with Crippen LogP contribution in [0.5, 0.6) is 0 Å². The van der Waals surface area contributed by atoms with Crippen molar-refractivity contribution in [1.29, 1.82) is 0 Å². The molecule has 1 N–H and O–H groups in total. The van der Waals surface area contributed by atoms with Crippen LogP contribution in [0, 0.1) is 18.3 Å². The van der Waals surface area contributed by atoms with Gasteiger partial charge in [-0.25, -0.2) is 0 Å². The Hall–Kier alpha value is -0.480. The van der Waals surface area contributed by atoms with Crippen LogP contribution in [0.3, 0.4) is 0 Å². The quantitative estimate of drug-likeness (QED) is 0.632. The van der Waals surface area contributed by atoms with Crippen molar-refractivity contribution in [3.63, 3.8) is 0 Å². The van der Waals surface area contributed by atoms with Crippen molar-refractivity contribution in [2.75, 3.05) is 7.05 Å². The summed E-state index contributed by atoms with van der Waals surface area (Å²) in [5.74, 6) is 3.61. The lowest BCUT2D eigenvalue weighted by Crippen LogP contribution is -2.31. The van der Waals surface area contributed by atoms with Gasteiger partial charge in [0.1, 0.15) is 0 Å². The van der Waals surface area contributed by atoms with Crippen LogP contribution < -0.4 is 5.32 Å². The summed E-state index contributed by atoms with van der Waals surface area (Å²) in [7, 11) is 2.06. The zero-order valence-electron chi connectivity index (χ0n) is 7.97. The molecule has 0 radical (unpaired) electrons. The summed E-state index contributed by atoms with van der Waals surface area (Å²) < 4.78 is 0. The molecule has 0 heterocycles. The zero-order valence-corrected chi connectivity index (χ0v) is 7.97. The number of hydrogen-bond donors (Lipinski definition) is 1. The first-order chi connectivity index (χ1) is 5.86. The molecule has 0 bridgehead atoms. The van der Waals surface area contributed by atoms with Crippen LogP contribution in [-0.4, -0.2) is 13.1 Å². The van der Waals surface area contributed by atoms with Crippen LogP contribution in [0.25, 0.3) is 0 Å². The normalized spacial score (nSPS) is 29.7. The van der Waals surface area contributed by atoms with Crippen molar-refractivity contribution in [2.45, 2.75) is 44.6 Å². The molecule has 0 spiro atoms. The molecule has 0 saturated heterocycles. The lowest BCUT2D eigenvalue weighted by Gasteiger charge is -2.28. The van der Waals surface area contributed by atoms with Crippen molar-refractivity contribution in [3.8, 4) is 12.3 Å². The third-order valence-corrected chi connectivity index (χ3v) is 2.89. The average Bonchev–Trinajstić information content (AvgIpc) is 2.15. The number of rotatable bonds is 3. The Morgan fingerprint density at radius 1 is 1.50 bits per heavy atom. The highest BCUT2D eigenvalue weighted by Crippen LogP contribution is 2.27. The second kappa shape index (κ2) is 5.22. The largest absolute Gasteiger partial charge is 0.317 e. The van der Waals surface area contributed by atoms with Crippen molar-refractivity contribution in [1.82, 2.24) is 5.32 Å². The molecule has 2 unspecified atom stereocenters. The minimum Gasteiger partial charge on any atom is -0.317 e. The molecule has 1 aliphatic carbocycles. The highest BCUT2D eigenvalue weighted by molar-refractivity contribution is 4.86. The van der Waals surface area contributed by atoms with Gasteiger partial charge in [-0.05, 0) is 32.2 Å². The van der Waals surface area contributed by atoms with Gasteiger partial charge in [0.15, 0.2) is 0 Å². The molecule has 1 heteroatoms. The summed E-state index contributed by atoms with van der Waals surface area (Å²) in [6.07, 6.45) is 12.9. The molecule has 0 amide bonds. The summed E-state index contributed by atoms with van der Waals surface area (Å²) in [6.45, 7) is 0. The van der Waals surface area contributed by atoms with E-state index in [9.17, 15) is 0 Å². The van der Waals surface area contributed by atoms with Gasteiger partial charge in [0, 0.05) is 12.5 Å². The molecule has 1 fully saturated rings. The number of nitrogens with one attached hydrogen (secondary N) is 1. The second-order valence-corrected chi connectivity index (χ2v) is 3.76. The zero-order chi connectivity index (χ0) is 8.81. The Morgan fingerprint density at radius 3 is 3.00 bits per heavy atom. The molecular formula is C11H19N. The van der Waals surface area contributed by atoms with E-state index in [1.54, 1.807) is 0 Å². The van der Waals surface area contributed by atoms with E-state index >= 15 is 0 Å². The Kier molecular flexibility index (Phi) is 4.18. The molecule has 1 nitrogen and oxygen atoms in total. The smallest absolute Gasteiger partial charge is 0.00887 e. The minimum absolute atomic E-state index is 0.751. The van der Waals surface area contributed by atoms with Crippen molar-refractivity contribution < 1.29 is 0 Å². The van der Waals surface area contributed by atoms with E-state index in [4.69, 9.17) is 6.42 Å². The maximum absolute atomic E-state index is 5.25. The molecule has 1 aliphatic rings. The van der Waals surface area contributed by atoms with E-state index in [0.717, 1.165) is 18.4 Å². The van der Waals surface area contributed by atoms with Crippen LogP contribution in [0.15, 0.2) is 0 Å². The lowest BCUT2D eigenvalue weighted by atomic mass is 9.83. The molecule has 0 aromatic rings. The lowest BCUT2D eigenvalue weighted by molar-refractivity contribution is 0.284. The molecule has 1 rings (SSSR count). The van der Waals surface area contributed by atoms with Gasteiger partial charge in [-0.2, -0.15) is 0 Å². The van der Waals surface area contributed by atoms with Crippen molar-refractivity contribution in [2.24, 2.45) is 5.92 Å². The molecule has 0 aromatic carbocycles. The first-order valence-corrected chi connectivity index (χ1v) is 4.97. The monoisotopic (exact) mass is 165 g/mol. The fourth-order valence-corrected chi connectivity index (χ4v) is 2.10. The Bertz CT molecular complexity index is 157. The summed E-state index contributed by atoms with van der Waals surface area (Å²) in [4.78, 5) is 0. The second-order valence-electron chi connectivity index (χ2n) is 3.76. The maximum Gasteiger partial charge on any atom is 0.00887 e.